The van der Waals surface area contributed by atoms with Crippen molar-refractivity contribution in [1.82, 2.24) is 0 Å². The minimum Gasteiger partial charge on any atom is -0.478 e. The molecular formula is C18H14ClNO4. The summed E-state index contributed by atoms with van der Waals surface area (Å²) in [6.07, 6.45) is 0.605. The number of carboxylic acids is 1. The Bertz CT molecular complexity index is 799. The van der Waals surface area contributed by atoms with E-state index >= 15 is 0 Å². The minimum absolute atomic E-state index is 0.107. The van der Waals surface area contributed by atoms with Crippen LogP contribution in [0.3, 0.4) is 0 Å². The van der Waals surface area contributed by atoms with Gasteiger partial charge in [0.05, 0.1) is 17.2 Å². The predicted octanol–water partition coefficient (Wildman–Crippen LogP) is 3.16. The van der Waals surface area contributed by atoms with Gasteiger partial charge in [-0.25, -0.2) is 4.79 Å². The van der Waals surface area contributed by atoms with Crippen LogP contribution >= 0.6 is 11.6 Å². The molecular weight excluding hydrogens is 330 g/mol. The number of hydrogen-bond donors (Lipinski definition) is 1. The van der Waals surface area contributed by atoms with Crippen molar-refractivity contribution in [3.8, 4) is 0 Å². The van der Waals surface area contributed by atoms with Gasteiger partial charge in [-0.05, 0) is 48.4 Å². The first-order valence-corrected chi connectivity index (χ1v) is 7.78. The second-order valence-electron chi connectivity index (χ2n) is 5.65. The van der Waals surface area contributed by atoms with Crippen LogP contribution in [0.25, 0.3) is 0 Å². The number of hydrogen-bond acceptors (Lipinski definition) is 3. The van der Waals surface area contributed by atoms with Crippen molar-refractivity contribution in [2.75, 3.05) is 4.90 Å². The van der Waals surface area contributed by atoms with E-state index in [1.54, 1.807) is 12.1 Å². The number of amides is 2. The molecule has 122 valence electrons. The monoisotopic (exact) mass is 343 g/mol. The number of carbonyl (C=O) groups is 3. The van der Waals surface area contributed by atoms with Gasteiger partial charge in [0.1, 0.15) is 0 Å². The molecule has 0 bridgehead atoms. The number of imide groups is 1. The van der Waals surface area contributed by atoms with Gasteiger partial charge in [-0.1, -0.05) is 23.7 Å². The lowest BCUT2D eigenvalue weighted by Gasteiger charge is -2.15. The van der Waals surface area contributed by atoms with Crippen LogP contribution in [0, 0.1) is 5.92 Å². The normalized spacial score (nSPS) is 17.4. The zero-order valence-corrected chi connectivity index (χ0v) is 13.4. The summed E-state index contributed by atoms with van der Waals surface area (Å²) in [5.74, 6) is -2.01. The molecule has 1 heterocycles. The van der Waals surface area contributed by atoms with Crippen LogP contribution in [0.2, 0.25) is 5.02 Å². The van der Waals surface area contributed by atoms with Crippen LogP contribution in [0.5, 0.6) is 0 Å². The number of benzene rings is 2. The molecule has 1 aliphatic rings. The standard InChI is InChI=1S/C18H14ClNO4/c19-14-5-1-11(2-6-14)9-13-10-16(21)20(17(13)22)15-7-3-12(4-8-15)18(23)24/h1-8,13H,9-10H2,(H,23,24). The lowest BCUT2D eigenvalue weighted by molar-refractivity contribution is -0.122. The molecule has 2 aromatic carbocycles. The highest BCUT2D eigenvalue weighted by molar-refractivity contribution is 6.30. The van der Waals surface area contributed by atoms with Crippen molar-refractivity contribution in [2.45, 2.75) is 12.8 Å². The number of anilines is 1. The van der Waals surface area contributed by atoms with E-state index in [4.69, 9.17) is 16.7 Å². The molecule has 0 aliphatic carbocycles. The fourth-order valence-corrected chi connectivity index (χ4v) is 2.91. The number of halogens is 1. The van der Waals surface area contributed by atoms with Gasteiger partial charge in [0.2, 0.25) is 11.8 Å². The fourth-order valence-electron chi connectivity index (χ4n) is 2.78. The quantitative estimate of drug-likeness (QED) is 0.865. The topological polar surface area (TPSA) is 74.7 Å². The van der Waals surface area contributed by atoms with E-state index < -0.39 is 11.9 Å². The highest BCUT2D eigenvalue weighted by Crippen LogP contribution is 2.29. The second kappa shape index (κ2) is 6.45. The Balaban J connectivity index is 1.78. The summed E-state index contributed by atoms with van der Waals surface area (Å²) in [5, 5.41) is 9.53. The lowest BCUT2D eigenvalue weighted by atomic mass is 9.98. The fraction of sp³-hybridized carbons (Fsp3) is 0.167. The number of carboxylic acid groups (broad SMARTS) is 1. The van der Waals surface area contributed by atoms with Gasteiger partial charge in [-0.15, -0.1) is 0 Å². The van der Waals surface area contributed by atoms with Crippen molar-refractivity contribution in [3.05, 3.63) is 64.7 Å². The number of rotatable bonds is 4. The third-order valence-electron chi connectivity index (χ3n) is 4.01. The van der Waals surface area contributed by atoms with Gasteiger partial charge in [0.15, 0.2) is 0 Å². The largest absolute Gasteiger partial charge is 0.478 e. The van der Waals surface area contributed by atoms with Crippen LogP contribution in [0.4, 0.5) is 5.69 Å². The molecule has 1 saturated heterocycles. The maximum absolute atomic E-state index is 12.6. The lowest BCUT2D eigenvalue weighted by Crippen LogP contribution is -2.30. The summed E-state index contributed by atoms with van der Waals surface area (Å²) in [6.45, 7) is 0. The van der Waals surface area contributed by atoms with Gasteiger partial charge in [-0.3, -0.25) is 14.5 Å². The minimum atomic E-state index is -1.05. The molecule has 1 fully saturated rings. The van der Waals surface area contributed by atoms with Gasteiger partial charge in [0, 0.05) is 11.4 Å². The maximum Gasteiger partial charge on any atom is 0.335 e. The van der Waals surface area contributed by atoms with Gasteiger partial charge >= 0.3 is 5.97 Å². The molecule has 3 rings (SSSR count). The van der Waals surface area contributed by atoms with Crippen molar-refractivity contribution in [3.63, 3.8) is 0 Å². The van der Waals surface area contributed by atoms with E-state index in [2.05, 4.69) is 0 Å². The summed E-state index contributed by atoms with van der Waals surface area (Å²) in [6, 6.07) is 12.9. The Hall–Kier alpha value is -2.66. The van der Waals surface area contributed by atoms with Crippen molar-refractivity contribution in [2.24, 2.45) is 5.92 Å². The first kappa shape index (κ1) is 16.2. The van der Waals surface area contributed by atoms with Gasteiger partial charge in [0.25, 0.3) is 0 Å². The summed E-state index contributed by atoms with van der Waals surface area (Å²) in [4.78, 5) is 36.8. The molecule has 1 N–H and O–H groups in total. The molecule has 0 saturated carbocycles. The molecule has 2 aromatic rings. The van der Waals surface area contributed by atoms with E-state index in [0.29, 0.717) is 17.1 Å². The van der Waals surface area contributed by atoms with Crippen LogP contribution < -0.4 is 4.90 Å². The van der Waals surface area contributed by atoms with Crippen LogP contribution in [0.1, 0.15) is 22.3 Å². The van der Waals surface area contributed by atoms with E-state index in [-0.39, 0.29) is 23.8 Å². The second-order valence-corrected chi connectivity index (χ2v) is 6.09. The molecule has 2 amide bonds. The average molecular weight is 344 g/mol. The first-order chi connectivity index (χ1) is 11.5. The SMILES string of the molecule is O=C(O)c1ccc(N2C(=O)CC(Cc3ccc(Cl)cc3)C2=O)cc1. The smallest absolute Gasteiger partial charge is 0.335 e. The van der Waals surface area contributed by atoms with E-state index in [1.165, 1.54) is 24.3 Å². The zero-order valence-electron chi connectivity index (χ0n) is 12.6. The van der Waals surface area contributed by atoms with Crippen LogP contribution in [-0.4, -0.2) is 22.9 Å². The third kappa shape index (κ3) is 3.16. The zero-order chi connectivity index (χ0) is 17.3. The van der Waals surface area contributed by atoms with Crippen molar-refractivity contribution < 1.29 is 19.5 Å². The van der Waals surface area contributed by atoms with Crippen molar-refractivity contribution >= 4 is 35.1 Å². The van der Waals surface area contributed by atoms with E-state index in [1.807, 2.05) is 12.1 Å². The van der Waals surface area contributed by atoms with Gasteiger partial charge < -0.3 is 5.11 Å². The molecule has 0 radical (unpaired) electrons. The van der Waals surface area contributed by atoms with Crippen molar-refractivity contribution in [1.29, 1.82) is 0 Å². The molecule has 0 aromatic heterocycles. The molecule has 24 heavy (non-hydrogen) atoms. The van der Waals surface area contributed by atoms with Gasteiger partial charge in [-0.2, -0.15) is 0 Å². The molecule has 1 unspecified atom stereocenters. The molecule has 1 atom stereocenters. The Morgan fingerprint density at radius 3 is 2.29 bits per heavy atom. The predicted molar refractivity (Wildman–Crippen MR) is 89.2 cm³/mol. The summed E-state index contributed by atoms with van der Waals surface area (Å²) < 4.78 is 0. The molecule has 1 aliphatic heterocycles. The van der Waals surface area contributed by atoms with E-state index in [9.17, 15) is 14.4 Å². The first-order valence-electron chi connectivity index (χ1n) is 7.40. The molecule has 5 nitrogen and oxygen atoms in total. The Labute approximate surface area is 143 Å². The number of aromatic carboxylic acids is 1. The Morgan fingerprint density at radius 2 is 1.71 bits per heavy atom. The molecule has 6 heteroatoms. The Morgan fingerprint density at radius 1 is 1.08 bits per heavy atom. The summed E-state index contributed by atoms with van der Waals surface area (Å²) in [7, 11) is 0. The third-order valence-corrected chi connectivity index (χ3v) is 4.26. The number of nitrogens with zero attached hydrogens (tertiary/aromatic N) is 1. The number of carbonyl (C=O) groups excluding carboxylic acids is 2. The van der Waals surface area contributed by atoms with Crippen LogP contribution in [0.15, 0.2) is 48.5 Å². The average Bonchev–Trinajstić information content (AvgIpc) is 2.83. The summed E-state index contributed by atoms with van der Waals surface area (Å²) >= 11 is 5.85. The maximum atomic E-state index is 12.6. The Kier molecular flexibility index (Phi) is 4.36. The van der Waals surface area contributed by atoms with E-state index in [0.717, 1.165) is 10.5 Å². The highest BCUT2D eigenvalue weighted by Gasteiger charge is 2.39. The summed E-state index contributed by atoms with van der Waals surface area (Å²) in [5.41, 5.74) is 1.44. The van der Waals surface area contributed by atoms with Crippen LogP contribution in [-0.2, 0) is 16.0 Å². The highest BCUT2D eigenvalue weighted by atomic mass is 35.5. The molecule has 0 spiro atoms.